The highest BCUT2D eigenvalue weighted by Gasteiger charge is 2.08. The number of aliphatic hydroxyl groups excluding tert-OH is 1. The van der Waals surface area contributed by atoms with Gasteiger partial charge >= 0.3 is 0 Å². The Morgan fingerprint density at radius 2 is 2.11 bits per heavy atom. The number of ether oxygens (including phenoxy) is 1. The number of methoxy groups -OCH3 is 1. The van der Waals surface area contributed by atoms with Crippen LogP contribution in [-0.2, 0) is 6.42 Å². The van der Waals surface area contributed by atoms with Crippen molar-refractivity contribution in [3.63, 3.8) is 0 Å². The normalized spacial score (nSPS) is 12.7. The van der Waals surface area contributed by atoms with E-state index in [-0.39, 0.29) is 6.10 Å². The number of rotatable bonds is 4. The number of hydrogen-bond donors (Lipinski definition) is 1. The second-order valence-corrected chi connectivity index (χ2v) is 4.58. The summed E-state index contributed by atoms with van der Waals surface area (Å²) in [5.74, 6) is 0.808. The first-order valence-electron chi connectivity index (χ1n) is 6.26. The molecule has 0 aliphatic heterocycles. The van der Waals surface area contributed by atoms with Crippen LogP contribution < -0.4 is 4.74 Å². The Labute approximate surface area is 107 Å². The quantitative estimate of drug-likeness (QED) is 0.900. The molecule has 1 atom stereocenters. The zero-order valence-electron chi connectivity index (χ0n) is 11.1. The molecule has 1 unspecified atom stereocenters. The van der Waals surface area contributed by atoms with Crippen LogP contribution in [0.3, 0.4) is 0 Å². The number of aliphatic hydroxyl groups is 1. The molecule has 0 spiro atoms. The van der Waals surface area contributed by atoms with Gasteiger partial charge < -0.3 is 9.84 Å². The van der Waals surface area contributed by atoms with Gasteiger partial charge in [0.1, 0.15) is 5.75 Å². The van der Waals surface area contributed by atoms with Gasteiger partial charge in [-0.05, 0) is 37.1 Å². The number of aryl methyl sites for hydroxylation is 1. The Morgan fingerprint density at radius 3 is 2.78 bits per heavy atom. The molecule has 1 heterocycles. The van der Waals surface area contributed by atoms with Crippen molar-refractivity contribution in [1.29, 1.82) is 0 Å². The predicted molar refractivity (Wildman–Crippen MR) is 73.0 cm³/mol. The van der Waals surface area contributed by atoms with Crippen LogP contribution in [0.5, 0.6) is 5.75 Å². The monoisotopic (exact) mass is 245 g/mol. The number of nitrogens with zero attached hydrogens (tertiary/aromatic N) is 1. The molecule has 0 bridgehead atoms. The SMILES string of the molecule is CCC(O)Cc1cc(C)c2ccc(OC)cc2n1. The fraction of sp³-hybridized carbons (Fsp3) is 0.400. The molecule has 0 aliphatic carbocycles. The fourth-order valence-corrected chi connectivity index (χ4v) is 2.07. The third kappa shape index (κ3) is 2.62. The van der Waals surface area contributed by atoms with Crippen LogP contribution in [0.4, 0.5) is 0 Å². The average Bonchev–Trinajstić information content (AvgIpc) is 2.37. The molecule has 0 aliphatic rings. The standard InChI is InChI=1S/C15H19NO2/c1-4-12(17)8-11-7-10(2)14-6-5-13(18-3)9-15(14)16-11/h5-7,9,12,17H,4,8H2,1-3H3. The van der Waals surface area contributed by atoms with Crippen LogP contribution in [0.15, 0.2) is 24.3 Å². The lowest BCUT2D eigenvalue weighted by Crippen LogP contribution is -2.10. The lowest BCUT2D eigenvalue weighted by Gasteiger charge is -2.10. The van der Waals surface area contributed by atoms with Crippen molar-refractivity contribution in [2.24, 2.45) is 0 Å². The molecule has 1 aromatic carbocycles. The largest absolute Gasteiger partial charge is 0.497 e. The summed E-state index contributed by atoms with van der Waals surface area (Å²) in [7, 11) is 1.65. The van der Waals surface area contributed by atoms with Crippen LogP contribution in [-0.4, -0.2) is 23.3 Å². The molecule has 1 aromatic heterocycles. The molecular formula is C15H19NO2. The van der Waals surface area contributed by atoms with Crippen LogP contribution in [0.2, 0.25) is 0 Å². The minimum absolute atomic E-state index is 0.319. The van der Waals surface area contributed by atoms with Gasteiger partial charge in [0, 0.05) is 23.6 Å². The van der Waals surface area contributed by atoms with Gasteiger partial charge in [-0.25, -0.2) is 0 Å². The smallest absolute Gasteiger partial charge is 0.121 e. The summed E-state index contributed by atoms with van der Waals surface area (Å²) in [5.41, 5.74) is 3.04. The van der Waals surface area contributed by atoms with Crippen molar-refractivity contribution in [3.05, 3.63) is 35.5 Å². The van der Waals surface area contributed by atoms with Gasteiger partial charge in [0.25, 0.3) is 0 Å². The molecule has 18 heavy (non-hydrogen) atoms. The van der Waals surface area contributed by atoms with E-state index in [4.69, 9.17) is 4.74 Å². The summed E-state index contributed by atoms with van der Waals surface area (Å²) in [4.78, 5) is 4.59. The molecule has 2 aromatic rings. The van der Waals surface area contributed by atoms with E-state index in [1.165, 1.54) is 5.56 Å². The molecule has 0 radical (unpaired) electrons. The van der Waals surface area contributed by atoms with Gasteiger partial charge in [-0.2, -0.15) is 0 Å². The van der Waals surface area contributed by atoms with E-state index in [0.29, 0.717) is 6.42 Å². The summed E-state index contributed by atoms with van der Waals surface area (Å²) in [5, 5.41) is 10.8. The summed E-state index contributed by atoms with van der Waals surface area (Å²) >= 11 is 0. The van der Waals surface area contributed by atoms with E-state index in [9.17, 15) is 5.11 Å². The van der Waals surface area contributed by atoms with Crippen LogP contribution in [0.25, 0.3) is 10.9 Å². The highest BCUT2D eigenvalue weighted by Crippen LogP contribution is 2.23. The van der Waals surface area contributed by atoms with Crippen LogP contribution in [0, 0.1) is 6.92 Å². The third-order valence-corrected chi connectivity index (χ3v) is 3.19. The van der Waals surface area contributed by atoms with E-state index in [1.807, 2.05) is 31.2 Å². The minimum atomic E-state index is -0.319. The van der Waals surface area contributed by atoms with E-state index >= 15 is 0 Å². The van der Waals surface area contributed by atoms with Crippen molar-refractivity contribution in [2.45, 2.75) is 32.8 Å². The first-order chi connectivity index (χ1) is 8.63. The molecule has 2 rings (SSSR count). The molecule has 0 saturated heterocycles. The Bertz CT molecular complexity index is 551. The third-order valence-electron chi connectivity index (χ3n) is 3.19. The summed E-state index contributed by atoms with van der Waals surface area (Å²) in [6.45, 7) is 4.04. The Hall–Kier alpha value is -1.61. The Balaban J connectivity index is 2.45. The molecule has 0 saturated carbocycles. The number of fused-ring (bicyclic) bond motifs is 1. The first-order valence-corrected chi connectivity index (χ1v) is 6.26. The highest BCUT2D eigenvalue weighted by molar-refractivity contribution is 5.83. The number of benzene rings is 1. The zero-order valence-corrected chi connectivity index (χ0v) is 11.1. The minimum Gasteiger partial charge on any atom is -0.497 e. The van der Waals surface area contributed by atoms with Crippen molar-refractivity contribution in [1.82, 2.24) is 4.98 Å². The second kappa shape index (κ2) is 5.36. The number of hydrogen-bond acceptors (Lipinski definition) is 3. The predicted octanol–water partition coefficient (Wildman–Crippen LogP) is 2.87. The summed E-state index contributed by atoms with van der Waals surface area (Å²) < 4.78 is 5.21. The maximum absolute atomic E-state index is 9.71. The van der Waals surface area contributed by atoms with Gasteiger partial charge in [-0.15, -0.1) is 0 Å². The molecule has 1 N–H and O–H groups in total. The van der Waals surface area contributed by atoms with Crippen molar-refractivity contribution >= 4 is 10.9 Å². The molecule has 96 valence electrons. The maximum atomic E-state index is 9.71. The van der Waals surface area contributed by atoms with Crippen molar-refractivity contribution in [3.8, 4) is 5.75 Å². The van der Waals surface area contributed by atoms with E-state index in [2.05, 4.69) is 11.9 Å². The van der Waals surface area contributed by atoms with E-state index in [1.54, 1.807) is 7.11 Å². The maximum Gasteiger partial charge on any atom is 0.121 e. The molecule has 3 heteroatoms. The molecule has 0 amide bonds. The fourth-order valence-electron chi connectivity index (χ4n) is 2.07. The summed E-state index contributed by atoms with van der Waals surface area (Å²) in [6, 6.07) is 7.95. The van der Waals surface area contributed by atoms with Gasteiger partial charge in [-0.3, -0.25) is 4.98 Å². The van der Waals surface area contributed by atoms with Gasteiger partial charge in [0.05, 0.1) is 18.7 Å². The first kappa shape index (κ1) is 12.8. The lowest BCUT2D eigenvalue weighted by atomic mass is 10.1. The number of aromatic nitrogens is 1. The molecular weight excluding hydrogens is 226 g/mol. The van der Waals surface area contributed by atoms with Gasteiger partial charge in [0.15, 0.2) is 0 Å². The average molecular weight is 245 g/mol. The van der Waals surface area contributed by atoms with Crippen LogP contribution >= 0.6 is 0 Å². The molecule has 3 nitrogen and oxygen atoms in total. The number of pyridine rings is 1. The topological polar surface area (TPSA) is 42.4 Å². The van der Waals surface area contributed by atoms with Gasteiger partial charge in [-0.1, -0.05) is 6.92 Å². The Morgan fingerprint density at radius 1 is 1.33 bits per heavy atom. The lowest BCUT2D eigenvalue weighted by molar-refractivity contribution is 0.169. The van der Waals surface area contributed by atoms with Gasteiger partial charge in [0.2, 0.25) is 0 Å². The van der Waals surface area contributed by atoms with Crippen molar-refractivity contribution < 1.29 is 9.84 Å². The van der Waals surface area contributed by atoms with E-state index < -0.39 is 0 Å². The van der Waals surface area contributed by atoms with E-state index in [0.717, 1.165) is 28.8 Å². The van der Waals surface area contributed by atoms with Crippen molar-refractivity contribution in [2.75, 3.05) is 7.11 Å². The van der Waals surface area contributed by atoms with Crippen LogP contribution in [0.1, 0.15) is 24.6 Å². The highest BCUT2D eigenvalue weighted by atomic mass is 16.5. The second-order valence-electron chi connectivity index (χ2n) is 4.58. The Kier molecular flexibility index (Phi) is 3.82. The summed E-state index contributed by atoms with van der Waals surface area (Å²) in [6.07, 6.45) is 1.03. The molecule has 0 fully saturated rings. The zero-order chi connectivity index (χ0) is 13.1.